The number of hydrogen-bond acceptors (Lipinski definition) is 4. The third kappa shape index (κ3) is 3.52. The summed E-state index contributed by atoms with van der Waals surface area (Å²) in [5, 5.41) is 8.91. The molecule has 0 amide bonds. The molecule has 1 aromatic carbocycles. The second kappa shape index (κ2) is 5.72. The zero-order chi connectivity index (χ0) is 15.6. The molecule has 0 fully saturated rings. The topological polar surface area (TPSA) is 76.5 Å². The Bertz CT molecular complexity index is 667. The molecule has 2 rings (SSSR count). The molecule has 0 radical (unpaired) electrons. The molecule has 4 nitrogen and oxygen atoms in total. The second-order valence-electron chi connectivity index (χ2n) is 4.10. The van der Waals surface area contributed by atoms with Crippen LogP contribution in [0.5, 0.6) is 0 Å². The molecule has 8 heteroatoms. The Morgan fingerprint density at radius 2 is 2.05 bits per heavy atom. The molecular formula is C13H10F3NO3S. The van der Waals surface area contributed by atoms with E-state index in [1.165, 1.54) is 18.4 Å². The maximum Gasteiger partial charge on any atom is 0.416 e. The Balaban J connectivity index is 2.14. The molecule has 2 aromatic rings. The van der Waals surface area contributed by atoms with Gasteiger partial charge in [-0.1, -0.05) is 0 Å². The lowest BCUT2D eigenvalue weighted by Gasteiger charge is -2.10. The van der Waals surface area contributed by atoms with Crippen molar-refractivity contribution in [3.8, 4) is 0 Å². The highest BCUT2D eigenvalue weighted by Crippen LogP contribution is 2.35. The number of halogens is 3. The molecule has 0 saturated heterocycles. The monoisotopic (exact) mass is 317 g/mol. The van der Waals surface area contributed by atoms with Crippen molar-refractivity contribution in [2.45, 2.75) is 16.8 Å². The number of benzene rings is 1. The van der Waals surface area contributed by atoms with Gasteiger partial charge in [0.2, 0.25) is 0 Å². The summed E-state index contributed by atoms with van der Waals surface area (Å²) in [7, 11) is 0. The number of carbonyl (C=O) groups is 1. The van der Waals surface area contributed by atoms with Crippen molar-refractivity contribution >= 4 is 23.4 Å². The lowest BCUT2D eigenvalue weighted by atomic mass is 10.2. The van der Waals surface area contributed by atoms with E-state index in [9.17, 15) is 18.0 Å². The highest BCUT2D eigenvalue weighted by Gasteiger charge is 2.30. The molecule has 0 aliphatic carbocycles. The summed E-state index contributed by atoms with van der Waals surface area (Å²) in [6, 6.07) is 4.35. The lowest BCUT2D eigenvalue weighted by Crippen LogP contribution is -2.05. The largest absolute Gasteiger partial charge is 0.478 e. The third-order valence-corrected chi connectivity index (χ3v) is 3.76. The molecule has 0 aliphatic rings. The fourth-order valence-electron chi connectivity index (χ4n) is 1.64. The van der Waals surface area contributed by atoms with Crippen molar-refractivity contribution in [2.75, 3.05) is 5.73 Å². The number of anilines is 1. The van der Waals surface area contributed by atoms with Gasteiger partial charge in [0, 0.05) is 10.6 Å². The molecular weight excluding hydrogens is 307 g/mol. The van der Waals surface area contributed by atoms with Gasteiger partial charge in [0.25, 0.3) is 0 Å². The smallest absolute Gasteiger partial charge is 0.416 e. The summed E-state index contributed by atoms with van der Waals surface area (Å²) >= 11 is 1.11. The number of aromatic carboxylic acids is 1. The number of furan rings is 1. The highest BCUT2D eigenvalue weighted by molar-refractivity contribution is 7.98. The van der Waals surface area contributed by atoms with Gasteiger partial charge in [-0.3, -0.25) is 0 Å². The SMILES string of the molecule is Nc1cc(C(F)(F)F)ccc1SCc1occc1C(=O)O. The van der Waals surface area contributed by atoms with E-state index in [1.807, 2.05) is 0 Å². The molecule has 112 valence electrons. The van der Waals surface area contributed by atoms with E-state index in [1.54, 1.807) is 0 Å². The van der Waals surface area contributed by atoms with Crippen LogP contribution in [-0.2, 0) is 11.9 Å². The van der Waals surface area contributed by atoms with Crippen LogP contribution in [0.2, 0.25) is 0 Å². The predicted molar refractivity (Wildman–Crippen MR) is 71.1 cm³/mol. The van der Waals surface area contributed by atoms with E-state index in [0.29, 0.717) is 4.90 Å². The maximum absolute atomic E-state index is 12.5. The zero-order valence-corrected chi connectivity index (χ0v) is 11.3. The average molecular weight is 317 g/mol. The van der Waals surface area contributed by atoms with Crippen LogP contribution >= 0.6 is 11.8 Å². The van der Waals surface area contributed by atoms with Gasteiger partial charge in [-0.25, -0.2) is 4.79 Å². The summed E-state index contributed by atoms with van der Waals surface area (Å²) in [6.07, 6.45) is -3.20. The molecule has 0 saturated carbocycles. The van der Waals surface area contributed by atoms with Crippen LogP contribution in [0, 0.1) is 0 Å². The Morgan fingerprint density at radius 3 is 2.62 bits per heavy atom. The van der Waals surface area contributed by atoms with Crippen LogP contribution in [-0.4, -0.2) is 11.1 Å². The minimum atomic E-state index is -4.45. The minimum Gasteiger partial charge on any atom is -0.478 e. The molecule has 0 spiro atoms. The van der Waals surface area contributed by atoms with Crippen molar-refractivity contribution in [3.05, 3.63) is 47.4 Å². The molecule has 3 N–H and O–H groups in total. The first kappa shape index (κ1) is 15.3. The Morgan fingerprint density at radius 1 is 1.33 bits per heavy atom. The van der Waals surface area contributed by atoms with Gasteiger partial charge in [-0.2, -0.15) is 13.2 Å². The van der Waals surface area contributed by atoms with Crippen LogP contribution in [0.3, 0.4) is 0 Å². The number of carboxylic acid groups (broad SMARTS) is 1. The first-order chi connectivity index (χ1) is 9.79. The summed E-state index contributed by atoms with van der Waals surface area (Å²) in [4.78, 5) is 11.3. The van der Waals surface area contributed by atoms with Crippen LogP contribution in [0.1, 0.15) is 21.7 Å². The van der Waals surface area contributed by atoms with E-state index in [2.05, 4.69) is 0 Å². The molecule has 0 aliphatic heterocycles. The molecule has 0 bridgehead atoms. The first-order valence-corrected chi connectivity index (χ1v) is 6.67. The van der Waals surface area contributed by atoms with E-state index < -0.39 is 17.7 Å². The number of nitrogens with two attached hydrogens (primary N) is 1. The van der Waals surface area contributed by atoms with E-state index in [-0.39, 0.29) is 22.8 Å². The van der Waals surface area contributed by atoms with Gasteiger partial charge in [-0.15, -0.1) is 11.8 Å². The predicted octanol–water partition coefficient (Wildman–Crippen LogP) is 3.87. The molecule has 1 aromatic heterocycles. The molecule has 1 heterocycles. The van der Waals surface area contributed by atoms with Crippen LogP contribution in [0.15, 0.2) is 39.8 Å². The third-order valence-electron chi connectivity index (χ3n) is 2.67. The lowest BCUT2D eigenvalue weighted by molar-refractivity contribution is -0.137. The molecule has 0 atom stereocenters. The van der Waals surface area contributed by atoms with Gasteiger partial charge in [0.15, 0.2) is 0 Å². The number of thioether (sulfide) groups is 1. The van der Waals surface area contributed by atoms with Crippen molar-refractivity contribution in [1.29, 1.82) is 0 Å². The fourth-order valence-corrected chi connectivity index (χ4v) is 2.54. The van der Waals surface area contributed by atoms with E-state index >= 15 is 0 Å². The second-order valence-corrected chi connectivity index (χ2v) is 5.12. The summed E-state index contributed by atoms with van der Waals surface area (Å²) in [5.74, 6) is -0.740. The number of hydrogen-bond donors (Lipinski definition) is 2. The number of nitrogen functional groups attached to an aromatic ring is 1. The maximum atomic E-state index is 12.5. The van der Waals surface area contributed by atoms with Crippen molar-refractivity contribution in [3.63, 3.8) is 0 Å². The Hall–Kier alpha value is -2.09. The fraction of sp³-hybridized carbons (Fsp3) is 0.154. The average Bonchev–Trinajstić information content (AvgIpc) is 2.84. The van der Waals surface area contributed by atoms with E-state index in [4.69, 9.17) is 15.3 Å². The minimum absolute atomic E-state index is 0.0155. The van der Waals surface area contributed by atoms with Crippen LogP contribution in [0.25, 0.3) is 0 Å². The van der Waals surface area contributed by atoms with Gasteiger partial charge >= 0.3 is 12.1 Å². The van der Waals surface area contributed by atoms with Gasteiger partial charge < -0.3 is 15.3 Å². The van der Waals surface area contributed by atoms with Gasteiger partial charge in [0.05, 0.1) is 17.6 Å². The molecule has 21 heavy (non-hydrogen) atoms. The summed E-state index contributed by atoms with van der Waals surface area (Å²) < 4.78 is 42.6. The highest BCUT2D eigenvalue weighted by atomic mass is 32.2. The van der Waals surface area contributed by atoms with Crippen molar-refractivity contribution in [1.82, 2.24) is 0 Å². The number of alkyl halides is 3. The van der Waals surface area contributed by atoms with Crippen molar-refractivity contribution in [2.24, 2.45) is 0 Å². The van der Waals surface area contributed by atoms with Gasteiger partial charge in [-0.05, 0) is 24.3 Å². The standard InChI is InChI=1S/C13H10F3NO3S/c14-13(15,16)7-1-2-11(9(17)5-7)21-6-10-8(12(18)19)3-4-20-10/h1-5H,6,17H2,(H,18,19). The van der Waals surface area contributed by atoms with Crippen LogP contribution < -0.4 is 5.73 Å². The normalized spacial score (nSPS) is 11.6. The first-order valence-electron chi connectivity index (χ1n) is 5.68. The van der Waals surface area contributed by atoms with Crippen LogP contribution in [0.4, 0.5) is 18.9 Å². The number of rotatable bonds is 4. The van der Waals surface area contributed by atoms with E-state index in [0.717, 1.165) is 23.9 Å². The number of carboxylic acids is 1. The summed E-state index contributed by atoms with van der Waals surface area (Å²) in [5.41, 5.74) is 4.77. The van der Waals surface area contributed by atoms with Gasteiger partial charge in [0.1, 0.15) is 11.3 Å². The zero-order valence-electron chi connectivity index (χ0n) is 10.5. The van der Waals surface area contributed by atoms with Crippen molar-refractivity contribution < 1.29 is 27.5 Å². The summed E-state index contributed by atoms with van der Waals surface area (Å²) in [6.45, 7) is 0. The molecule has 0 unspecified atom stereocenters. The quantitative estimate of drug-likeness (QED) is 0.661. The Labute approximate surface area is 121 Å². The Kier molecular flexibility index (Phi) is 4.17.